The van der Waals surface area contributed by atoms with Crippen LogP contribution in [0.5, 0.6) is 0 Å². The fraction of sp³-hybridized carbons (Fsp3) is 0.750. The van der Waals surface area contributed by atoms with Crippen molar-refractivity contribution < 1.29 is 19.5 Å². The zero-order valence-electron chi connectivity index (χ0n) is 10.4. The first-order valence-electron chi connectivity index (χ1n) is 6.30. The minimum Gasteiger partial charge on any atom is -0.480 e. The summed E-state index contributed by atoms with van der Waals surface area (Å²) in [4.78, 5) is 36.0. The van der Waals surface area contributed by atoms with Gasteiger partial charge in [0.2, 0.25) is 11.8 Å². The number of nitrogens with one attached hydrogen (secondary N) is 1. The third-order valence-electron chi connectivity index (χ3n) is 3.85. The van der Waals surface area contributed by atoms with Gasteiger partial charge in [0.1, 0.15) is 6.04 Å². The summed E-state index contributed by atoms with van der Waals surface area (Å²) in [5.41, 5.74) is 0. The lowest BCUT2D eigenvalue weighted by atomic mass is 9.96. The minimum absolute atomic E-state index is 0.00960. The van der Waals surface area contributed by atoms with Crippen molar-refractivity contribution in [3.8, 4) is 0 Å². The first kappa shape index (κ1) is 12.9. The number of amides is 2. The van der Waals surface area contributed by atoms with Crippen LogP contribution >= 0.6 is 0 Å². The van der Waals surface area contributed by atoms with Crippen LogP contribution in [0.2, 0.25) is 0 Å². The number of carbonyl (C=O) groups excluding carboxylic acids is 2. The van der Waals surface area contributed by atoms with Crippen molar-refractivity contribution in [2.24, 2.45) is 11.8 Å². The van der Waals surface area contributed by atoms with Crippen LogP contribution in [-0.4, -0.2) is 46.9 Å². The largest absolute Gasteiger partial charge is 0.480 e. The van der Waals surface area contributed by atoms with Gasteiger partial charge < -0.3 is 15.3 Å². The van der Waals surface area contributed by atoms with E-state index in [2.05, 4.69) is 5.32 Å². The first-order chi connectivity index (χ1) is 8.50. The highest BCUT2D eigenvalue weighted by atomic mass is 16.4. The predicted octanol–water partition coefficient (Wildman–Crippen LogP) is -0.166. The monoisotopic (exact) mass is 254 g/mol. The summed E-state index contributed by atoms with van der Waals surface area (Å²) < 4.78 is 0. The fourth-order valence-corrected chi connectivity index (χ4v) is 2.75. The lowest BCUT2D eigenvalue weighted by Gasteiger charge is -2.29. The van der Waals surface area contributed by atoms with Gasteiger partial charge in [0, 0.05) is 19.5 Å². The van der Waals surface area contributed by atoms with Crippen LogP contribution in [0.3, 0.4) is 0 Å². The quantitative estimate of drug-likeness (QED) is 0.716. The molecule has 0 aliphatic carbocycles. The number of rotatable bonds is 2. The molecule has 2 N–H and O–H groups in total. The van der Waals surface area contributed by atoms with Crippen LogP contribution in [0.4, 0.5) is 0 Å². The van der Waals surface area contributed by atoms with Gasteiger partial charge in [-0.3, -0.25) is 9.59 Å². The normalized spacial score (nSPS) is 32.2. The number of carbonyl (C=O) groups is 3. The van der Waals surface area contributed by atoms with Crippen molar-refractivity contribution in [1.82, 2.24) is 10.2 Å². The van der Waals surface area contributed by atoms with E-state index >= 15 is 0 Å². The van der Waals surface area contributed by atoms with Gasteiger partial charge in [-0.2, -0.15) is 0 Å². The Morgan fingerprint density at radius 2 is 2.11 bits per heavy atom. The second kappa shape index (κ2) is 4.96. The van der Waals surface area contributed by atoms with Crippen molar-refractivity contribution in [1.29, 1.82) is 0 Å². The number of hydrogen-bond acceptors (Lipinski definition) is 3. The molecular formula is C12H18N2O4. The molecule has 3 unspecified atom stereocenters. The Balaban J connectivity index is 2.04. The smallest absolute Gasteiger partial charge is 0.326 e. The number of carboxylic acids is 1. The molecule has 2 saturated heterocycles. The Labute approximate surface area is 105 Å². The summed E-state index contributed by atoms with van der Waals surface area (Å²) in [7, 11) is 0. The van der Waals surface area contributed by atoms with E-state index in [4.69, 9.17) is 0 Å². The van der Waals surface area contributed by atoms with Crippen molar-refractivity contribution >= 4 is 17.8 Å². The second-order valence-corrected chi connectivity index (χ2v) is 5.12. The summed E-state index contributed by atoms with van der Waals surface area (Å²) in [5, 5.41) is 11.8. The number of hydrogen-bond donors (Lipinski definition) is 2. The van der Waals surface area contributed by atoms with Gasteiger partial charge in [-0.25, -0.2) is 4.79 Å². The molecule has 2 aliphatic rings. The molecule has 2 aliphatic heterocycles. The fourth-order valence-electron chi connectivity index (χ4n) is 2.75. The summed E-state index contributed by atoms with van der Waals surface area (Å²) >= 11 is 0. The van der Waals surface area contributed by atoms with E-state index in [9.17, 15) is 19.5 Å². The van der Waals surface area contributed by atoms with Crippen molar-refractivity contribution in [2.75, 3.05) is 13.1 Å². The molecule has 0 aromatic carbocycles. The third-order valence-corrected chi connectivity index (χ3v) is 3.85. The van der Waals surface area contributed by atoms with E-state index in [0.29, 0.717) is 25.9 Å². The second-order valence-electron chi connectivity index (χ2n) is 5.12. The highest BCUT2D eigenvalue weighted by molar-refractivity contribution is 5.88. The van der Waals surface area contributed by atoms with Gasteiger partial charge in [0.25, 0.3) is 0 Å². The van der Waals surface area contributed by atoms with Gasteiger partial charge in [-0.15, -0.1) is 0 Å². The van der Waals surface area contributed by atoms with Crippen LogP contribution < -0.4 is 5.32 Å². The van der Waals surface area contributed by atoms with E-state index in [1.807, 2.05) is 6.92 Å². The maximum absolute atomic E-state index is 12.3. The highest BCUT2D eigenvalue weighted by Crippen LogP contribution is 2.27. The lowest BCUT2D eigenvalue weighted by molar-refractivity contribution is -0.151. The van der Waals surface area contributed by atoms with Crippen molar-refractivity contribution in [2.45, 2.75) is 32.2 Å². The number of carboxylic acid groups (broad SMARTS) is 1. The molecule has 2 fully saturated rings. The Kier molecular flexibility index (Phi) is 3.54. The maximum Gasteiger partial charge on any atom is 0.326 e. The van der Waals surface area contributed by atoms with E-state index in [-0.39, 0.29) is 23.7 Å². The molecule has 100 valence electrons. The van der Waals surface area contributed by atoms with Crippen LogP contribution in [0, 0.1) is 11.8 Å². The summed E-state index contributed by atoms with van der Waals surface area (Å²) in [6.07, 6.45) is 1.58. The molecule has 2 heterocycles. The molecule has 6 heteroatoms. The molecule has 6 nitrogen and oxygen atoms in total. The van der Waals surface area contributed by atoms with E-state index in [1.54, 1.807) is 0 Å². The molecule has 18 heavy (non-hydrogen) atoms. The standard InChI is InChI=1S/C12H18N2O4/c1-7-4-5-14(10(7)12(17)18)11(16)8-2-3-9(15)13-6-8/h7-8,10H,2-6H2,1H3,(H,13,15)(H,17,18). The van der Waals surface area contributed by atoms with Crippen LogP contribution in [-0.2, 0) is 14.4 Å². The predicted molar refractivity (Wildman–Crippen MR) is 62.7 cm³/mol. The molecule has 0 bridgehead atoms. The van der Waals surface area contributed by atoms with E-state index in [1.165, 1.54) is 4.90 Å². The average molecular weight is 254 g/mol. The zero-order valence-corrected chi connectivity index (χ0v) is 10.4. The summed E-state index contributed by atoms with van der Waals surface area (Å²) in [6.45, 7) is 2.69. The molecule has 0 spiro atoms. The molecule has 0 saturated carbocycles. The van der Waals surface area contributed by atoms with Gasteiger partial charge in [0.15, 0.2) is 0 Å². The molecule has 0 aromatic rings. The zero-order chi connectivity index (χ0) is 13.3. The molecule has 0 aromatic heterocycles. The van der Waals surface area contributed by atoms with Crippen molar-refractivity contribution in [3.05, 3.63) is 0 Å². The van der Waals surface area contributed by atoms with Crippen molar-refractivity contribution in [3.63, 3.8) is 0 Å². The third kappa shape index (κ3) is 2.32. The van der Waals surface area contributed by atoms with Gasteiger partial charge in [-0.05, 0) is 18.8 Å². The molecule has 0 radical (unpaired) electrons. The Morgan fingerprint density at radius 3 is 2.67 bits per heavy atom. The molecule has 2 amide bonds. The molecule has 3 atom stereocenters. The highest BCUT2D eigenvalue weighted by Gasteiger charge is 2.41. The van der Waals surface area contributed by atoms with Crippen LogP contribution in [0.25, 0.3) is 0 Å². The van der Waals surface area contributed by atoms with Crippen LogP contribution in [0.15, 0.2) is 0 Å². The Bertz CT molecular complexity index is 372. The topological polar surface area (TPSA) is 86.7 Å². The Morgan fingerprint density at radius 1 is 1.39 bits per heavy atom. The van der Waals surface area contributed by atoms with E-state index < -0.39 is 12.0 Å². The van der Waals surface area contributed by atoms with Crippen LogP contribution in [0.1, 0.15) is 26.2 Å². The number of likely N-dealkylation sites (tertiary alicyclic amines) is 1. The Hall–Kier alpha value is -1.59. The first-order valence-corrected chi connectivity index (χ1v) is 6.30. The molecule has 2 rings (SSSR count). The average Bonchev–Trinajstić information content (AvgIpc) is 2.71. The molecular weight excluding hydrogens is 236 g/mol. The van der Waals surface area contributed by atoms with E-state index in [0.717, 1.165) is 6.42 Å². The number of nitrogens with zero attached hydrogens (tertiary/aromatic N) is 1. The number of piperidine rings is 1. The van der Waals surface area contributed by atoms with Gasteiger partial charge in [0.05, 0.1) is 5.92 Å². The number of aliphatic carboxylic acids is 1. The maximum atomic E-state index is 12.3. The lowest BCUT2D eigenvalue weighted by Crippen LogP contribution is -2.49. The van der Waals surface area contributed by atoms with Gasteiger partial charge >= 0.3 is 5.97 Å². The van der Waals surface area contributed by atoms with Gasteiger partial charge in [-0.1, -0.05) is 6.92 Å². The summed E-state index contributed by atoms with van der Waals surface area (Å²) in [6, 6.07) is -0.713. The SMILES string of the molecule is CC1CCN(C(=O)C2CCC(=O)NC2)C1C(=O)O. The minimum atomic E-state index is -0.937. The summed E-state index contributed by atoms with van der Waals surface area (Å²) in [5.74, 6) is -1.39.